The molecule has 2 aromatic carbocycles. The molecular weight excluding hydrogens is 410 g/mol. The van der Waals surface area contributed by atoms with Crippen LogP contribution in [-0.2, 0) is 14.3 Å². The van der Waals surface area contributed by atoms with Gasteiger partial charge in [-0.2, -0.15) is 0 Å². The smallest absolute Gasteiger partial charge is 0.407 e. The van der Waals surface area contributed by atoms with E-state index in [1.165, 1.54) is 6.20 Å². The first-order valence-electron chi connectivity index (χ1n) is 10.1. The summed E-state index contributed by atoms with van der Waals surface area (Å²) < 4.78 is 5.42. The van der Waals surface area contributed by atoms with Gasteiger partial charge in [0.25, 0.3) is 0 Å². The van der Waals surface area contributed by atoms with Crippen LogP contribution in [-0.4, -0.2) is 40.7 Å². The number of carbonyl (C=O) groups excluding carboxylic acids is 2. The largest absolute Gasteiger partial charge is 0.481 e. The van der Waals surface area contributed by atoms with Gasteiger partial charge in [-0.3, -0.25) is 14.6 Å². The Morgan fingerprint density at radius 2 is 1.62 bits per heavy atom. The Morgan fingerprint density at radius 3 is 2.22 bits per heavy atom. The Labute approximate surface area is 184 Å². The summed E-state index contributed by atoms with van der Waals surface area (Å²) in [5.41, 5.74) is 4.69. The van der Waals surface area contributed by atoms with E-state index in [1.54, 1.807) is 18.3 Å². The number of carboxylic acids is 1. The van der Waals surface area contributed by atoms with Gasteiger partial charge in [-0.05, 0) is 34.4 Å². The molecule has 1 unspecified atom stereocenters. The molecule has 3 aromatic rings. The fraction of sp³-hybridized carbons (Fsp3) is 0.167. The lowest BCUT2D eigenvalue weighted by Crippen LogP contribution is -2.45. The van der Waals surface area contributed by atoms with E-state index in [4.69, 9.17) is 9.84 Å². The molecule has 1 aromatic heterocycles. The second-order valence-corrected chi connectivity index (χ2v) is 7.35. The maximum Gasteiger partial charge on any atom is 0.407 e. The number of hydrogen-bond donors (Lipinski definition) is 3. The highest BCUT2D eigenvalue weighted by atomic mass is 16.5. The molecule has 1 aliphatic carbocycles. The summed E-state index contributed by atoms with van der Waals surface area (Å²) in [7, 11) is 0. The number of carbonyl (C=O) groups is 3. The van der Waals surface area contributed by atoms with Crippen LogP contribution in [0.25, 0.3) is 11.1 Å². The van der Waals surface area contributed by atoms with Gasteiger partial charge < -0.3 is 20.5 Å². The van der Waals surface area contributed by atoms with E-state index in [0.717, 1.165) is 22.3 Å². The number of alkyl carbamates (subject to hydrolysis) is 1. The van der Waals surface area contributed by atoms with Crippen molar-refractivity contribution in [2.75, 3.05) is 11.9 Å². The first-order valence-corrected chi connectivity index (χ1v) is 10.1. The molecule has 0 aliphatic heterocycles. The Hall–Kier alpha value is -4.20. The third-order valence-electron chi connectivity index (χ3n) is 5.26. The molecular formula is C24H21N3O5. The number of nitrogens with zero attached hydrogens (tertiary/aromatic N) is 1. The minimum atomic E-state index is -1.30. The van der Waals surface area contributed by atoms with Crippen molar-refractivity contribution in [3.05, 3.63) is 84.2 Å². The second-order valence-electron chi connectivity index (χ2n) is 7.35. The zero-order chi connectivity index (χ0) is 22.5. The van der Waals surface area contributed by atoms with Crippen LogP contribution < -0.4 is 10.6 Å². The number of nitrogens with one attached hydrogen (secondary N) is 2. The molecule has 0 bridgehead atoms. The van der Waals surface area contributed by atoms with E-state index < -0.39 is 30.4 Å². The number of hydrogen-bond acceptors (Lipinski definition) is 5. The van der Waals surface area contributed by atoms with Crippen LogP contribution in [0.4, 0.5) is 10.5 Å². The maximum atomic E-state index is 12.5. The van der Waals surface area contributed by atoms with E-state index in [9.17, 15) is 14.4 Å². The number of fused-ring (bicyclic) bond motifs is 3. The zero-order valence-electron chi connectivity index (χ0n) is 17.0. The molecule has 0 spiro atoms. The number of pyridine rings is 1. The second kappa shape index (κ2) is 9.30. The molecule has 0 radical (unpaired) electrons. The van der Waals surface area contributed by atoms with Crippen molar-refractivity contribution in [2.45, 2.75) is 18.4 Å². The van der Waals surface area contributed by atoms with Gasteiger partial charge >= 0.3 is 12.1 Å². The lowest BCUT2D eigenvalue weighted by Gasteiger charge is -2.18. The number of anilines is 1. The summed E-state index contributed by atoms with van der Waals surface area (Å²) in [6.45, 7) is 0.0594. The summed E-state index contributed by atoms with van der Waals surface area (Å²) in [5.74, 6) is -2.04. The van der Waals surface area contributed by atoms with E-state index >= 15 is 0 Å². The molecule has 2 amide bonds. The summed E-state index contributed by atoms with van der Waals surface area (Å²) >= 11 is 0. The first-order chi connectivity index (χ1) is 15.5. The topological polar surface area (TPSA) is 118 Å². The van der Waals surface area contributed by atoms with Gasteiger partial charge in [-0.15, -0.1) is 0 Å². The number of carboxylic acid groups (broad SMARTS) is 1. The molecule has 4 rings (SSSR count). The van der Waals surface area contributed by atoms with E-state index in [1.807, 2.05) is 48.5 Å². The maximum absolute atomic E-state index is 12.5. The number of rotatable bonds is 7. The highest BCUT2D eigenvalue weighted by molar-refractivity contribution is 5.98. The lowest BCUT2D eigenvalue weighted by atomic mass is 9.98. The Kier molecular flexibility index (Phi) is 6.12. The van der Waals surface area contributed by atoms with Crippen molar-refractivity contribution in [3.63, 3.8) is 0 Å². The first kappa shape index (κ1) is 21.0. The molecule has 0 saturated carbocycles. The molecule has 3 N–H and O–H groups in total. The Morgan fingerprint density at radius 1 is 0.969 bits per heavy atom. The molecule has 0 saturated heterocycles. The SMILES string of the molecule is O=C(O)CC(NC(=O)OCC1c2ccccc2-c2ccccc21)C(=O)Nc1cccnc1. The van der Waals surface area contributed by atoms with Gasteiger partial charge in [0.2, 0.25) is 5.91 Å². The highest BCUT2D eigenvalue weighted by Crippen LogP contribution is 2.44. The van der Waals surface area contributed by atoms with Crippen molar-refractivity contribution in [2.24, 2.45) is 0 Å². The molecule has 1 aliphatic rings. The minimum Gasteiger partial charge on any atom is -0.481 e. The van der Waals surface area contributed by atoms with Crippen LogP contribution in [0.2, 0.25) is 0 Å². The molecule has 162 valence electrons. The molecule has 1 atom stereocenters. The average Bonchev–Trinajstić information content (AvgIpc) is 3.11. The minimum absolute atomic E-state index is 0.0594. The highest BCUT2D eigenvalue weighted by Gasteiger charge is 2.30. The van der Waals surface area contributed by atoms with Crippen molar-refractivity contribution in [1.29, 1.82) is 0 Å². The molecule has 8 heteroatoms. The molecule has 1 heterocycles. The fourth-order valence-corrected chi connectivity index (χ4v) is 3.83. The van der Waals surface area contributed by atoms with Gasteiger partial charge in [-0.25, -0.2) is 4.79 Å². The monoisotopic (exact) mass is 431 g/mol. The molecule has 0 fully saturated rings. The van der Waals surface area contributed by atoms with Gasteiger partial charge in [0, 0.05) is 12.1 Å². The zero-order valence-corrected chi connectivity index (χ0v) is 17.0. The molecule has 32 heavy (non-hydrogen) atoms. The van der Waals surface area contributed by atoms with Crippen molar-refractivity contribution in [1.82, 2.24) is 10.3 Å². The van der Waals surface area contributed by atoms with Crippen molar-refractivity contribution in [3.8, 4) is 11.1 Å². The predicted octanol–water partition coefficient (Wildman–Crippen LogP) is 3.40. The van der Waals surface area contributed by atoms with Crippen LogP contribution in [0.1, 0.15) is 23.5 Å². The Bertz CT molecular complexity index is 1100. The Balaban J connectivity index is 1.42. The molecule has 8 nitrogen and oxygen atoms in total. The summed E-state index contributed by atoms with van der Waals surface area (Å²) in [5, 5.41) is 14.1. The van der Waals surface area contributed by atoms with Gasteiger partial charge in [0.1, 0.15) is 12.6 Å². The van der Waals surface area contributed by atoms with Crippen molar-refractivity contribution < 1.29 is 24.2 Å². The third kappa shape index (κ3) is 4.59. The quantitative estimate of drug-likeness (QED) is 0.528. The van der Waals surface area contributed by atoms with Crippen LogP contribution in [0.5, 0.6) is 0 Å². The number of ether oxygens (including phenoxy) is 1. The van der Waals surface area contributed by atoms with Gasteiger partial charge in [0.05, 0.1) is 18.3 Å². The van der Waals surface area contributed by atoms with E-state index in [0.29, 0.717) is 5.69 Å². The van der Waals surface area contributed by atoms with E-state index in [-0.39, 0.29) is 12.5 Å². The van der Waals surface area contributed by atoms with E-state index in [2.05, 4.69) is 15.6 Å². The van der Waals surface area contributed by atoms with Crippen LogP contribution in [0.3, 0.4) is 0 Å². The average molecular weight is 431 g/mol. The van der Waals surface area contributed by atoms with Gasteiger partial charge in [-0.1, -0.05) is 48.5 Å². The number of aliphatic carboxylic acids is 1. The normalized spacial score (nSPS) is 12.9. The number of amides is 2. The third-order valence-corrected chi connectivity index (χ3v) is 5.26. The summed E-state index contributed by atoms with van der Waals surface area (Å²) in [4.78, 5) is 40.0. The lowest BCUT2D eigenvalue weighted by molar-refractivity contribution is -0.139. The summed E-state index contributed by atoms with van der Waals surface area (Å²) in [6, 6.07) is 17.8. The number of aromatic nitrogens is 1. The fourth-order valence-electron chi connectivity index (χ4n) is 3.83. The number of benzene rings is 2. The standard InChI is InChI=1S/C24H21N3O5/c28-22(29)12-21(23(30)26-15-6-5-11-25-13-15)27-24(31)32-14-20-18-9-3-1-7-16(18)17-8-2-4-10-19(17)20/h1-11,13,20-21H,12,14H2,(H,26,30)(H,27,31)(H,28,29). The predicted molar refractivity (Wildman–Crippen MR) is 117 cm³/mol. The van der Waals surface area contributed by atoms with Crippen LogP contribution in [0.15, 0.2) is 73.1 Å². The summed E-state index contributed by atoms with van der Waals surface area (Å²) in [6.07, 6.45) is 1.51. The van der Waals surface area contributed by atoms with Crippen LogP contribution >= 0.6 is 0 Å². The van der Waals surface area contributed by atoms with Gasteiger partial charge in [0.15, 0.2) is 0 Å². The van der Waals surface area contributed by atoms with Crippen molar-refractivity contribution >= 4 is 23.7 Å². The van der Waals surface area contributed by atoms with Crippen LogP contribution in [0, 0.1) is 0 Å².